The lowest BCUT2D eigenvalue weighted by Crippen LogP contribution is -2.14. The average Bonchev–Trinajstić information content (AvgIpc) is 2.30. The first kappa shape index (κ1) is 14.1. The molecule has 0 saturated carbocycles. The first-order valence-corrected chi connectivity index (χ1v) is 6.52. The molecule has 1 rings (SSSR count). The van der Waals surface area contributed by atoms with Crippen LogP contribution in [0.25, 0.3) is 0 Å². The molecule has 0 spiro atoms. The van der Waals surface area contributed by atoms with Gasteiger partial charge >= 0.3 is 0 Å². The van der Waals surface area contributed by atoms with Crippen molar-refractivity contribution in [2.24, 2.45) is 11.7 Å². The van der Waals surface area contributed by atoms with E-state index < -0.39 is 0 Å². The molecule has 4 nitrogen and oxygen atoms in total. The fourth-order valence-corrected chi connectivity index (χ4v) is 1.71. The van der Waals surface area contributed by atoms with Gasteiger partial charge in [-0.3, -0.25) is 4.79 Å². The summed E-state index contributed by atoms with van der Waals surface area (Å²) in [6.07, 6.45) is 3.99. The van der Waals surface area contributed by atoms with Crippen LogP contribution >= 0.6 is 15.9 Å². The molecule has 5 heteroatoms. The Hall–Kier alpha value is -0.940. The smallest absolute Gasteiger partial charge is 0.224 e. The average molecular weight is 300 g/mol. The van der Waals surface area contributed by atoms with Gasteiger partial charge in [-0.05, 0) is 53.4 Å². The van der Waals surface area contributed by atoms with Gasteiger partial charge in [-0.2, -0.15) is 0 Å². The lowest BCUT2D eigenvalue weighted by Gasteiger charge is -2.09. The third kappa shape index (κ3) is 5.79. The molecule has 1 aromatic heterocycles. The van der Waals surface area contributed by atoms with E-state index in [-0.39, 0.29) is 5.91 Å². The predicted molar refractivity (Wildman–Crippen MR) is 72.6 cm³/mol. The minimum absolute atomic E-state index is 0.0259. The molecule has 0 aliphatic carbocycles. The van der Waals surface area contributed by atoms with Crippen molar-refractivity contribution >= 4 is 27.5 Å². The highest BCUT2D eigenvalue weighted by molar-refractivity contribution is 9.10. The van der Waals surface area contributed by atoms with Gasteiger partial charge < -0.3 is 11.1 Å². The van der Waals surface area contributed by atoms with Gasteiger partial charge in [0.15, 0.2) is 0 Å². The first-order chi connectivity index (χ1) is 8.11. The maximum Gasteiger partial charge on any atom is 0.224 e. The Labute approximate surface area is 110 Å². The second-order valence-electron chi connectivity index (χ2n) is 4.14. The van der Waals surface area contributed by atoms with E-state index in [0.29, 0.717) is 18.9 Å². The van der Waals surface area contributed by atoms with Crippen molar-refractivity contribution in [3.8, 4) is 0 Å². The molecule has 0 aromatic carbocycles. The van der Waals surface area contributed by atoms with Crippen LogP contribution in [-0.4, -0.2) is 17.4 Å². The van der Waals surface area contributed by atoms with Gasteiger partial charge in [-0.1, -0.05) is 6.92 Å². The molecule has 0 bridgehead atoms. The zero-order chi connectivity index (χ0) is 12.7. The molecule has 1 aromatic rings. The van der Waals surface area contributed by atoms with Crippen molar-refractivity contribution in [1.82, 2.24) is 4.98 Å². The lowest BCUT2D eigenvalue weighted by molar-refractivity contribution is -0.116. The summed E-state index contributed by atoms with van der Waals surface area (Å²) < 4.78 is 0.757. The van der Waals surface area contributed by atoms with Gasteiger partial charge in [0, 0.05) is 6.42 Å². The van der Waals surface area contributed by atoms with Gasteiger partial charge in [-0.25, -0.2) is 4.98 Å². The molecule has 94 valence electrons. The summed E-state index contributed by atoms with van der Waals surface area (Å²) >= 11 is 3.24. The van der Waals surface area contributed by atoms with Gasteiger partial charge in [0.1, 0.15) is 4.60 Å². The van der Waals surface area contributed by atoms with E-state index >= 15 is 0 Å². The van der Waals surface area contributed by atoms with Crippen LogP contribution < -0.4 is 11.1 Å². The summed E-state index contributed by atoms with van der Waals surface area (Å²) in [6.45, 7) is 2.79. The summed E-state index contributed by atoms with van der Waals surface area (Å²) in [4.78, 5) is 15.7. The molecule has 1 amide bonds. The molecular weight excluding hydrogens is 282 g/mol. The summed E-state index contributed by atoms with van der Waals surface area (Å²) in [7, 11) is 0. The molecule has 0 aliphatic rings. The Morgan fingerprint density at radius 1 is 1.53 bits per heavy atom. The molecule has 0 radical (unpaired) electrons. The maximum absolute atomic E-state index is 11.6. The highest BCUT2D eigenvalue weighted by atomic mass is 79.9. The maximum atomic E-state index is 11.6. The number of aromatic nitrogens is 1. The van der Waals surface area contributed by atoms with E-state index in [1.54, 1.807) is 12.3 Å². The van der Waals surface area contributed by atoms with Crippen molar-refractivity contribution in [3.63, 3.8) is 0 Å². The van der Waals surface area contributed by atoms with E-state index in [2.05, 4.69) is 33.2 Å². The van der Waals surface area contributed by atoms with Crippen LogP contribution in [0.4, 0.5) is 5.69 Å². The topological polar surface area (TPSA) is 68.0 Å². The molecule has 1 atom stereocenters. The SMILES string of the molecule is CC(CCN)CCC(=O)Nc1ccc(Br)nc1. The van der Waals surface area contributed by atoms with E-state index in [1.165, 1.54) is 0 Å². The minimum Gasteiger partial charge on any atom is -0.330 e. The van der Waals surface area contributed by atoms with Crippen LogP contribution in [0.1, 0.15) is 26.2 Å². The van der Waals surface area contributed by atoms with Gasteiger partial charge in [0.25, 0.3) is 0 Å². The Morgan fingerprint density at radius 2 is 2.29 bits per heavy atom. The number of amides is 1. The fraction of sp³-hybridized carbons (Fsp3) is 0.500. The molecular formula is C12H18BrN3O. The van der Waals surface area contributed by atoms with Gasteiger partial charge in [-0.15, -0.1) is 0 Å². The van der Waals surface area contributed by atoms with Crippen LogP contribution in [0.3, 0.4) is 0 Å². The van der Waals surface area contributed by atoms with E-state index in [1.807, 2.05) is 6.07 Å². The quantitative estimate of drug-likeness (QED) is 0.793. The largest absolute Gasteiger partial charge is 0.330 e. The highest BCUT2D eigenvalue weighted by Crippen LogP contribution is 2.13. The fourth-order valence-electron chi connectivity index (χ4n) is 1.48. The van der Waals surface area contributed by atoms with Crippen molar-refractivity contribution in [2.45, 2.75) is 26.2 Å². The number of carbonyl (C=O) groups is 1. The Bertz CT molecular complexity index is 353. The Morgan fingerprint density at radius 3 is 2.88 bits per heavy atom. The van der Waals surface area contributed by atoms with Crippen LogP contribution in [-0.2, 0) is 4.79 Å². The summed E-state index contributed by atoms with van der Waals surface area (Å²) in [5.41, 5.74) is 6.19. The molecule has 1 unspecified atom stereocenters. The molecule has 0 aliphatic heterocycles. The highest BCUT2D eigenvalue weighted by Gasteiger charge is 2.06. The first-order valence-electron chi connectivity index (χ1n) is 5.73. The van der Waals surface area contributed by atoms with Crippen LogP contribution in [0.5, 0.6) is 0 Å². The van der Waals surface area contributed by atoms with E-state index in [0.717, 1.165) is 23.1 Å². The Kier molecular flexibility index (Phi) is 6.15. The minimum atomic E-state index is 0.0259. The molecule has 0 fully saturated rings. The Balaban J connectivity index is 2.32. The number of pyridine rings is 1. The van der Waals surface area contributed by atoms with Crippen LogP contribution in [0.15, 0.2) is 22.9 Å². The number of hydrogen-bond donors (Lipinski definition) is 2. The van der Waals surface area contributed by atoms with E-state index in [9.17, 15) is 4.79 Å². The molecule has 17 heavy (non-hydrogen) atoms. The number of nitrogens with one attached hydrogen (secondary N) is 1. The second kappa shape index (κ2) is 7.40. The van der Waals surface area contributed by atoms with Crippen molar-refractivity contribution in [1.29, 1.82) is 0 Å². The van der Waals surface area contributed by atoms with Crippen molar-refractivity contribution in [3.05, 3.63) is 22.9 Å². The van der Waals surface area contributed by atoms with Gasteiger partial charge in [0.05, 0.1) is 11.9 Å². The van der Waals surface area contributed by atoms with Crippen LogP contribution in [0, 0.1) is 5.92 Å². The zero-order valence-electron chi connectivity index (χ0n) is 9.95. The number of nitrogens with two attached hydrogens (primary N) is 1. The third-order valence-electron chi connectivity index (χ3n) is 2.53. The lowest BCUT2D eigenvalue weighted by atomic mass is 10.0. The number of nitrogens with zero attached hydrogens (tertiary/aromatic N) is 1. The van der Waals surface area contributed by atoms with Crippen molar-refractivity contribution in [2.75, 3.05) is 11.9 Å². The van der Waals surface area contributed by atoms with E-state index in [4.69, 9.17) is 5.73 Å². The number of carbonyl (C=O) groups excluding carboxylic acids is 1. The molecule has 3 N–H and O–H groups in total. The number of anilines is 1. The summed E-state index contributed by atoms with van der Waals surface area (Å²) in [5, 5.41) is 2.81. The number of rotatable bonds is 6. The van der Waals surface area contributed by atoms with Gasteiger partial charge in [0.2, 0.25) is 5.91 Å². The van der Waals surface area contributed by atoms with Crippen LogP contribution in [0.2, 0.25) is 0 Å². The summed E-state index contributed by atoms with van der Waals surface area (Å²) in [6, 6.07) is 3.62. The zero-order valence-corrected chi connectivity index (χ0v) is 11.5. The predicted octanol–water partition coefficient (Wildman–Crippen LogP) is 2.55. The summed E-state index contributed by atoms with van der Waals surface area (Å²) in [5.74, 6) is 0.520. The standard InChI is InChI=1S/C12H18BrN3O/c1-9(6-7-14)2-5-12(17)16-10-3-4-11(13)15-8-10/h3-4,8-9H,2,5-7,14H2,1H3,(H,16,17). The van der Waals surface area contributed by atoms with Crippen molar-refractivity contribution < 1.29 is 4.79 Å². The monoisotopic (exact) mass is 299 g/mol. The number of halogens is 1. The second-order valence-corrected chi connectivity index (χ2v) is 4.95. The number of hydrogen-bond acceptors (Lipinski definition) is 3. The molecule has 1 heterocycles. The molecule has 0 saturated heterocycles. The third-order valence-corrected chi connectivity index (χ3v) is 3.00. The normalized spacial score (nSPS) is 12.2.